The molecule has 2 heterocycles. The highest BCUT2D eigenvalue weighted by molar-refractivity contribution is 6.00. The minimum absolute atomic E-state index is 0.0166. The number of benzene rings is 3. The maximum Gasteiger partial charge on any atom is 0.416 e. The fourth-order valence-corrected chi connectivity index (χ4v) is 7.26. The highest BCUT2D eigenvalue weighted by Gasteiger charge is 2.60. The lowest BCUT2D eigenvalue weighted by atomic mass is 9.97. The van der Waals surface area contributed by atoms with E-state index in [1.165, 1.54) is 22.6 Å². The predicted molar refractivity (Wildman–Crippen MR) is 182 cm³/mol. The normalized spacial score (nSPS) is 19.3. The Bertz CT molecular complexity index is 1790. The zero-order valence-corrected chi connectivity index (χ0v) is 28.1. The number of rotatable bonds is 9. The number of alkyl halides is 3. The molecule has 2 amide bonds. The van der Waals surface area contributed by atoms with Gasteiger partial charge in [0.2, 0.25) is 11.8 Å². The van der Waals surface area contributed by atoms with Gasteiger partial charge in [-0.1, -0.05) is 44.2 Å². The van der Waals surface area contributed by atoms with Crippen LogP contribution in [0.1, 0.15) is 62.4 Å². The second-order valence-corrected chi connectivity index (χ2v) is 14.2. The number of ether oxygens (including phenoxy) is 1. The second-order valence-electron chi connectivity index (χ2n) is 14.2. The van der Waals surface area contributed by atoms with Crippen LogP contribution in [0.3, 0.4) is 0 Å². The number of morpholine rings is 1. The Morgan fingerprint density at radius 2 is 1.62 bits per heavy atom. The highest BCUT2D eigenvalue weighted by Crippen LogP contribution is 2.67. The molecule has 0 spiro atoms. The number of carbonyl (C=O) groups excluding carboxylic acids is 2. The number of fused-ring (bicyclic) bond motifs is 1. The van der Waals surface area contributed by atoms with E-state index in [-0.39, 0.29) is 42.0 Å². The van der Waals surface area contributed by atoms with Crippen molar-refractivity contribution in [2.45, 2.75) is 65.2 Å². The number of amides is 2. The Kier molecular flexibility index (Phi) is 8.83. The van der Waals surface area contributed by atoms with Crippen molar-refractivity contribution in [1.29, 1.82) is 0 Å². The number of H-pyrrole nitrogens is 1. The zero-order valence-electron chi connectivity index (χ0n) is 28.1. The SMILES string of the molecule is Cc1[nH]c2ccccc2c1[C@H]1[C@H](CC(=O)N(Cc2ccc(C(F)(F)F)cc2)C(C)(C)C(=O)Nc2ccc(N3CCOCC3)cc2)C1(C)C. The molecule has 0 radical (unpaired) electrons. The van der Waals surface area contributed by atoms with Crippen molar-refractivity contribution in [3.05, 3.63) is 95.2 Å². The Labute approximate surface area is 279 Å². The van der Waals surface area contributed by atoms with E-state index in [2.05, 4.69) is 42.0 Å². The first kappa shape index (κ1) is 33.6. The van der Waals surface area contributed by atoms with Gasteiger partial charge in [0.05, 0.1) is 18.8 Å². The zero-order chi connectivity index (χ0) is 34.4. The number of hydrogen-bond donors (Lipinski definition) is 2. The molecule has 2 aliphatic rings. The van der Waals surface area contributed by atoms with Crippen LogP contribution in [0.15, 0.2) is 72.8 Å². The van der Waals surface area contributed by atoms with Crippen molar-refractivity contribution in [2.24, 2.45) is 11.3 Å². The maximum atomic E-state index is 14.3. The van der Waals surface area contributed by atoms with E-state index in [0.29, 0.717) is 24.5 Å². The van der Waals surface area contributed by atoms with Crippen molar-refractivity contribution >= 4 is 34.1 Å². The van der Waals surface area contributed by atoms with E-state index >= 15 is 0 Å². The quantitative estimate of drug-likeness (QED) is 0.191. The third-order valence-corrected chi connectivity index (χ3v) is 10.4. The average molecular weight is 661 g/mol. The number of nitrogens with one attached hydrogen (secondary N) is 2. The van der Waals surface area contributed by atoms with Crippen molar-refractivity contribution in [3.63, 3.8) is 0 Å². The van der Waals surface area contributed by atoms with Crippen LogP contribution in [0.5, 0.6) is 0 Å². The molecule has 6 rings (SSSR count). The van der Waals surface area contributed by atoms with Crippen LogP contribution >= 0.6 is 0 Å². The third kappa shape index (κ3) is 6.55. The molecule has 254 valence electrons. The number of aryl methyl sites for hydroxylation is 1. The molecule has 48 heavy (non-hydrogen) atoms. The number of nitrogens with zero attached hydrogens (tertiary/aromatic N) is 2. The van der Waals surface area contributed by atoms with Gasteiger partial charge in [0.15, 0.2) is 0 Å². The molecule has 1 aliphatic carbocycles. The summed E-state index contributed by atoms with van der Waals surface area (Å²) in [6.45, 7) is 12.6. The van der Waals surface area contributed by atoms with E-state index in [4.69, 9.17) is 4.74 Å². The number of para-hydroxylation sites is 1. The van der Waals surface area contributed by atoms with Crippen LogP contribution in [0.2, 0.25) is 0 Å². The third-order valence-electron chi connectivity index (χ3n) is 10.4. The molecular formula is C38H43F3N4O3. The molecule has 7 nitrogen and oxygen atoms in total. The molecule has 1 aliphatic heterocycles. The first-order chi connectivity index (χ1) is 22.7. The summed E-state index contributed by atoms with van der Waals surface area (Å²) < 4.78 is 45.4. The summed E-state index contributed by atoms with van der Waals surface area (Å²) in [5, 5.41) is 4.12. The van der Waals surface area contributed by atoms with Gasteiger partial charge in [-0.15, -0.1) is 0 Å². The standard InChI is InChI=1S/C38H43F3N4O3/c1-24-33(29-8-6-7-9-31(29)42-24)34-30(36(34,2)3)22-32(46)45(23-25-10-12-26(13-11-25)38(39,40)41)37(4,5)35(47)43-27-14-16-28(17-15-27)44-18-20-48-21-19-44/h6-17,30,34,42H,18-23H2,1-5H3,(H,43,47)/t30-,34+/m0/s1. The van der Waals surface area contributed by atoms with Crippen molar-refractivity contribution < 1.29 is 27.5 Å². The molecule has 0 bridgehead atoms. The largest absolute Gasteiger partial charge is 0.416 e. The van der Waals surface area contributed by atoms with Gasteiger partial charge in [0.25, 0.3) is 0 Å². The van der Waals surface area contributed by atoms with Crippen molar-refractivity contribution in [1.82, 2.24) is 9.88 Å². The first-order valence-electron chi connectivity index (χ1n) is 16.5. The van der Waals surface area contributed by atoms with Gasteiger partial charge in [-0.25, -0.2) is 0 Å². The smallest absolute Gasteiger partial charge is 0.378 e. The molecule has 3 aromatic carbocycles. The molecule has 2 N–H and O–H groups in total. The molecular weight excluding hydrogens is 617 g/mol. The average Bonchev–Trinajstić information content (AvgIpc) is 3.40. The lowest BCUT2D eigenvalue weighted by molar-refractivity contribution is -0.145. The molecule has 2 atom stereocenters. The molecule has 1 saturated carbocycles. The molecule has 1 saturated heterocycles. The number of aromatic amines is 1. The Hall–Kier alpha value is -4.31. The number of halogens is 3. The van der Waals surface area contributed by atoms with Gasteiger partial charge in [-0.2, -0.15) is 13.2 Å². The van der Waals surface area contributed by atoms with Gasteiger partial charge in [-0.3, -0.25) is 9.59 Å². The van der Waals surface area contributed by atoms with Crippen LogP contribution in [0, 0.1) is 18.3 Å². The summed E-state index contributed by atoms with van der Waals surface area (Å²) in [5.41, 5.74) is 3.20. The Balaban J connectivity index is 1.24. The van der Waals surface area contributed by atoms with E-state index in [1.54, 1.807) is 13.8 Å². The lowest BCUT2D eigenvalue weighted by Crippen LogP contribution is -2.54. The predicted octanol–water partition coefficient (Wildman–Crippen LogP) is 7.91. The molecule has 2 fully saturated rings. The number of carbonyl (C=O) groups is 2. The minimum atomic E-state index is -4.47. The summed E-state index contributed by atoms with van der Waals surface area (Å²) in [5.74, 6) is -0.464. The van der Waals surface area contributed by atoms with Crippen molar-refractivity contribution in [3.8, 4) is 0 Å². The summed E-state index contributed by atoms with van der Waals surface area (Å²) >= 11 is 0. The number of anilines is 2. The van der Waals surface area contributed by atoms with Crippen LogP contribution < -0.4 is 10.2 Å². The van der Waals surface area contributed by atoms with Gasteiger partial charge in [0, 0.05) is 54.0 Å². The van der Waals surface area contributed by atoms with Crippen LogP contribution in [0.25, 0.3) is 10.9 Å². The van der Waals surface area contributed by atoms with Crippen LogP contribution in [0.4, 0.5) is 24.5 Å². The molecule has 1 aromatic heterocycles. The Morgan fingerprint density at radius 1 is 0.979 bits per heavy atom. The highest BCUT2D eigenvalue weighted by atomic mass is 19.4. The monoisotopic (exact) mass is 660 g/mol. The fraction of sp³-hybridized carbons (Fsp3) is 0.421. The lowest BCUT2D eigenvalue weighted by Gasteiger charge is -2.38. The van der Waals surface area contributed by atoms with Crippen LogP contribution in [-0.2, 0) is 27.0 Å². The fourth-order valence-electron chi connectivity index (χ4n) is 7.26. The number of aromatic nitrogens is 1. The summed E-state index contributed by atoms with van der Waals surface area (Å²) in [6.07, 6.45) is -4.28. The molecule has 10 heteroatoms. The van der Waals surface area contributed by atoms with Gasteiger partial charge in [-0.05, 0) is 91.6 Å². The van der Waals surface area contributed by atoms with Crippen molar-refractivity contribution in [2.75, 3.05) is 36.5 Å². The Morgan fingerprint density at radius 3 is 2.27 bits per heavy atom. The van der Waals surface area contributed by atoms with Gasteiger partial charge in [0.1, 0.15) is 5.54 Å². The van der Waals surface area contributed by atoms with E-state index in [1.807, 2.05) is 42.5 Å². The second kappa shape index (κ2) is 12.6. The molecule has 4 aromatic rings. The summed E-state index contributed by atoms with van der Waals surface area (Å²) in [4.78, 5) is 35.5. The van der Waals surface area contributed by atoms with Gasteiger partial charge >= 0.3 is 6.18 Å². The minimum Gasteiger partial charge on any atom is -0.378 e. The van der Waals surface area contributed by atoms with Gasteiger partial charge < -0.3 is 24.8 Å². The van der Waals surface area contributed by atoms with E-state index in [9.17, 15) is 22.8 Å². The first-order valence-corrected chi connectivity index (χ1v) is 16.5. The summed E-state index contributed by atoms with van der Waals surface area (Å²) in [7, 11) is 0. The summed E-state index contributed by atoms with van der Waals surface area (Å²) in [6, 6.07) is 20.5. The molecule has 0 unspecified atom stereocenters. The number of hydrogen-bond acceptors (Lipinski definition) is 4. The maximum absolute atomic E-state index is 14.3. The van der Waals surface area contributed by atoms with Crippen LogP contribution in [-0.4, -0.2) is 53.5 Å². The van der Waals surface area contributed by atoms with E-state index < -0.39 is 17.3 Å². The topological polar surface area (TPSA) is 77.7 Å². The van der Waals surface area contributed by atoms with E-state index in [0.717, 1.165) is 47.5 Å².